The van der Waals surface area contributed by atoms with E-state index in [-0.39, 0.29) is 5.91 Å². The lowest BCUT2D eigenvalue weighted by Crippen LogP contribution is -2.49. The van der Waals surface area contributed by atoms with Crippen LogP contribution in [0.15, 0.2) is 42.5 Å². The Balaban J connectivity index is 1.69. The molecular formula is C24H28NO4-. The molecule has 3 rings (SSSR count). The van der Waals surface area contributed by atoms with Crippen LogP contribution in [0.1, 0.15) is 44.7 Å². The normalized spacial score (nSPS) is 22.9. The average Bonchev–Trinajstić information content (AvgIpc) is 2.91. The SMILES string of the molecule is Cc1cccc(Oc2ccc(NC(=O)[C@@H]3CC[C@@](C)(C(=O)[O-])C3(C)C)cc2)c1C. The molecule has 0 spiro atoms. The first-order valence-corrected chi connectivity index (χ1v) is 9.93. The Hall–Kier alpha value is -2.82. The zero-order valence-electron chi connectivity index (χ0n) is 17.7. The summed E-state index contributed by atoms with van der Waals surface area (Å²) in [6.07, 6.45) is 0.959. The number of rotatable bonds is 5. The second kappa shape index (κ2) is 7.54. The van der Waals surface area contributed by atoms with E-state index in [2.05, 4.69) is 5.32 Å². The lowest BCUT2D eigenvalue weighted by Gasteiger charge is -2.41. The minimum atomic E-state index is -1.09. The zero-order valence-corrected chi connectivity index (χ0v) is 17.7. The van der Waals surface area contributed by atoms with Crippen molar-refractivity contribution in [3.63, 3.8) is 0 Å². The van der Waals surface area contributed by atoms with Crippen LogP contribution in [0.3, 0.4) is 0 Å². The highest BCUT2D eigenvalue weighted by Crippen LogP contribution is 2.55. The van der Waals surface area contributed by atoms with Crippen molar-refractivity contribution in [1.82, 2.24) is 0 Å². The molecule has 0 saturated heterocycles. The number of anilines is 1. The van der Waals surface area contributed by atoms with Crippen LogP contribution in [0.4, 0.5) is 5.69 Å². The molecule has 2 aromatic rings. The summed E-state index contributed by atoms with van der Waals surface area (Å²) in [5, 5.41) is 14.6. The first-order valence-electron chi connectivity index (χ1n) is 9.93. The van der Waals surface area contributed by atoms with Crippen LogP contribution in [0.25, 0.3) is 0 Å². The van der Waals surface area contributed by atoms with Crippen LogP contribution in [0.2, 0.25) is 0 Å². The van der Waals surface area contributed by atoms with Gasteiger partial charge in [-0.15, -0.1) is 0 Å². The van der Waals surface area contributed by atoms with E-state index >= 15 is 0 Å². The Kier molecular flexibility index (Phi) is 5.44. The van der Waals surface area contributed by atoms with Gasteiger partial charge in [0, 0.05) is 23.0 Å². The van der Waals surface area contributed by atoms with Gasteiger partial charge < -0.3 is 20.0 Å². The molecule has 1 aliphatic rings. The molecule has 0 aromatic heterocycles. The minimum Gasteiger partial charge on any atom is -0.550 e. The monoisotopic (exact) mass is 394 g/mol. The maximum absolute atomic E-state index is 12.8. The second-order valence-electron chi connectivity index (χ2n) is 8.75. The van der Waals surface area contributed by atoms with Crippen molar-refractivity contribution >= 4 is 17.6 Å². The highest BCUT2D eigenvalue weighted by molar-refractivity contribution is 5.94. The maximum atomic E-state index is 12.8. The Morgan fingerprint density at radius 3 is 2.31 bits per heavy atom. The average molecular weight is 394 g/mol. The number of aliphatic carboxylic acids is 1. The number of carboxylic acid groups (broad SMARTS) is 1. The van der Waals surface area contributed by atoms with Crippen LogP contribution in [-0.4, -0.2) is 11.9 Å². The van der Waals surface area contributed by atoms with Gasteiger partial charge in [-0.2, -0.15) is 0 Å². The van der Waals surface area contributed by atoms with Gasteiger partial charge in [-0.25, -0.2) is 0 Å². The molecule has 1 amide bonds. The van der Waals surface area contributed by atoms with Gasteiger partial charge in [0.05, 0.1) is 0 Å². The summed E-state index contributed by atoms with van der Waals surface area (Å²) in [4.78, 5) is 24.5. The number of ether oxygens (including phenoxy) is 1. The molecule has 0 unspecified atom stereocenters. The minimum absolute atomic E-state index is 0.164. The number of carbonyl (C=O) groups excluding carboxylic acids is 2. The standard InChI is InChI=1S/C24H29NO4/c1-15-7-6-8-20(16(15)2)29-18-11-9-17(10-12-18)25-21(26)19-13-14-24(5,22(27)28)23(19,3)4/h6-12,19H,13-14H2,1-5H3,(H,25,26)(H,27,28)/p-1/t19-,24-/m0/s1. The van der Waals surface area contributed by atoms with Crippen molar-refractivity contribution in [2.24, 2.45) is 16.7 Å². The molecular weight excluding hydrogens is 366 g/mol. The molecule has 29 heavy (non-hydrogen) atoms. The number of hydrogen-bond acceptors (Lipinski definition) is 4. The van der Waals surface area contributed by atoms with E-state index in [1.807, 2.05) is 58.0 Å². The summed E-state index contributed by atoms with van der Waals surface area (Å²) < 4.78 is 5.95. The quantitative estimate of drug-likeness (QED) is 0.823. The number of benzene rings is 2. The predicted octanol–water partition coefficient (Wildman–Crippen LogP) is 4.23. The predicted molar refractivity (Wildman–Crippen MR) is 111 cm³/mol. The van der Waals surface area contributed by atoms with Crippen LogP contribution in [0, 0.1) is 30.6 Å². The van der Waals surface area contributed by atoms with E-state index in [9.17, 15) is 14.7 Å². The number of nitrogens with one attached hydrogen (secondary N) is 1. The summed E-state index contributed by atoms with van der Waals surface area (Å²) >= 11 is 0. The van der Waals surface area contributed by atoms with Crippen molar-refractivity contribution in [3.05, 3.63) is 53.6 Å². The molecule has 2 aromatic carbocycles. The van der Waals surface area contributed by atoms with Crippen LogP contribution in [-0.2, 0) is 9.59 Å². The molecule has 5 nitrogen and oxygen atoms in total. The van der Waals surface area contributed by atoms with Crippen molar-refractivity contribution < 1.29 is 19.4 Å². The molecule has 2 atom stereocenters. The number of hydrogen-bond donors (Lipinski definition) is 1. The fraction of sp³-hybridized carbons (Fsp3) is 0.417. The highest BCUT2D eigenvalue weighted by atomic mass is 16.5. The summed E-state index contributed by atoms with van der Waals surface area (Å²) in [6.45, 7) is 9.40. The lowest BCUT2D eigenvalue weighted by molar-refractivity contribution is -0.323. The van der Waals surface area contributed by atoms with Gasteiger partial charge in [-0.1, -0.05) is 32.9 Å². The van der Waals surface area contributed by atoms with Crippen LogP contribution >= 0.6 is 0 Å². The van der Waals surface area contributed by atoms with E-state index in [1.165, 1.54) is 0 Å². The molecule has 0 heterocycles. The number of amides is 1. The Bertz CT molecular complexity index is 932. The maximum Gasteiger partial charge on any atom is 0.228 e. The van der Waals surface area contributed by atoms with Crippen molar-refractivity contribution in [3.8, 4) is 11.5 Å². The van der Waals surface area contributed by atoms with Gasteiger partial charge in [-0.3, -0.25) is 4.79 Å². The van der Waals surface area contributed by atoms with Gasteiger partial charge in [0.25, 0.3) is 0 Å². The number of carboxylic acids is 1. The zero-order chi connectivity index (χ0) is 21.4. The molecule has 0 radical (unpaired) electrons. The number of aryl methyl sites for hydroxylation is 1. The van der Waals surface area contributed by atoms with Gasteiger partial charge in [-0.05, 0) is 73.6 Å². The molecule has 1 fully saturated rings. The third kappa shape index (κ3) is 3.74. The Morgan fingerprint density at radius 1 is 1.07 bits per heavy atom. The Labute approximate surface area is 172 Å². The second-order valence-corrected chi connectivity index (χ2v) is 8.75. The van der Waals surface area contributed by atoms with Gasteiger partial charge in [0.2, 0.25) is 5.91 Å². The molecule has 154 valence electrons. The topological polar surface area (TPSA) is 78.5 Å². The van der Waals surface area contributed by atoms with Crippen LogP contribution < -0.4 is 15.2 Å². The lowest BCUT2D eigenvalue weighted by atomic mass is 9.65. The van der Waals surface area contributed by atoms with Crippen molar-refractivity contribution in [2.75, 3.05) is 5.32 Å². The largest absolute Gasteiger partial charge is 0.550 e. The van der Waals surface area contributed by atoms with Gasteiger partial charge in [0.15, 0.2) is 0 Å². The van der Waals surface area contributed by atoms with E-state index in [0.29, 0.717) is 24.3 Å². The molecule has 1 aliphatic carbocycles. The molecule has 1 saturated carbocycles. The van der Waals surface area contributed by atoms with Crippen molar-refractivity contribution in [2.45, 2.75) is 47.5 Å². The highest BCUT2D eigenvalue weighted by Gasteiger charge is 2.54. The van der Waals surface area contributed by atoms with Gasteiger partial charge >= 0.3 is 0 Å². The fourth-order valence-electron chi connectivity index (χ4n) is 4.12. The first kappa shape index (κ1) is 20.9. The van der Waals surface area contributed by atoms with Crippen molar-refractivity contribution in [1.29, 1.82) is 0 Å². The molecule has 0 bridgehead atoms. The summed E-state index contributed by atoms with van der Waals surface area (Å²) in [5.41, 5.74) is 1.19. The molecule has 5 heteroatoms. The van der Waals surface area contributed by atoms with Crippen LogP contribution in [0.5, 0.6) is 11.5 Å². The third-order valence-electron chi connectivity index (χ3n) is 6.90. The first-order chi connectivity index (χ1) is 13.6. The molecule has 1 N–H and O–H groups in total. The number of carbonyl (C=O) groups is 2. The van der Waals surface area contributed by atoms with E-state index in [0.717, 1.165) is 16.9 Å². The van der Waals surface area contributed by atoms with E-state index < -0.39 is 22.7 Å². The summed E-state index contributed by atoms with van der Waals surface area (Å²) in [7, 11) is 0. The summed E-state index contributed by atoms with van der Waals surface area (Å²) in [5.74, 6) is -0.163. The van der Waals surface area contributed by atoms with E-state index in [1.54, 1.807) is 19.1 Å². The Morgan fingerprint density at radius 2 is 1.72 bits per heavy atom. The smallest absolute Gasteiger partial charge is 0.228 e. The van der Waals surface area contributed by atoms with E-state index in [4.69, 9.17) is 4.74 Å². The fourth-order valence-corrected chi connectivity index (χ4v) is 4.12. The van der Waals surface area contributed by atoms with Gasteiger partial charge in [0.1, 0.15) is 11.5 Å². The summed E-state index contributed by atoms with van der Waals surface area (Å²) in [6, 6.07) is 13.1. The third-order valence-corrected chi connectivity index (χ3v) is 6.90. The molecule has 0 aliphatic heterocycles.